The van der Waals surface area contributed by atoms with E-state index in [9.17, 15) is 9.18 Å². The van der Waals surface area contributed by atoms with Gasteiger partial charge in [-0.2, -0.15) is 9.67 Å². The minimum Gasteiger partial charge on any atom is -0.463 e. The molecule has 0 saturated heterocycles. The van der Waals surface area contributed by atoms with Gasteiger partial charge in [-0.25, -0.2) is 19.2 Å². The van der Waals surface area contributed by atoms with Crippen LogP contribution in [0.15, 0.2) is 12.5 Å². The number of carbonyl (C=O) groups excluding carboxylic acids is 1. The van der Waals surface area contributed by atoms with Crippen molar-refractivity contribution in [3.63, 3.8) is 0 Å². The Hall–Kier alpha value is -2.09. The van der Waals surface area contributed by atoms with E-state index >= 15 is 0 Å². The Morgan fingerprint density at radius 3 is 3.00 bits per heavy atom. The third kappa shape index (κ3) is 2.21. The summed E-state index contributed by atoms with van der Waals surface area (Å²) >= 11 is 5.52. The summed E-state index contributed by atoms with van der Waals surface area (Å²) in [6.07, 6.45) is 2.01. The van der Waals surface area contributed by atoms with Crippen LogP contribution in [0.1, 0.15) is 10.6 Å². The van der Waals surface area contributed by atoms with E-state index in [0.29, 0.717) is 0 Å². The van der Waals surface area contributed by atoms with Crippen molar-refractivity contribution >= 4 is 17.6 Å². The lowest BCUT2D eigenvalue weighted by atomic mass is 10.5. The first-order valence-electron chi connectivity index (χ1n) is 4.30. The lowest BCUT2D eigenvalue weighted by molar-refractivity contribution is 0.0587. The van der Waals surface area contributed by atoms with Gasteiger partial charge in [0.25, 0.3) is 5.82 Å². The fraction of sp³-hybridized carbons (Fsp3) is 0.125. The third-order valence-electron chi connectivity index (χ3n) is 1.77. The standard InChI is InChI=1S/C8H5ClFN5O2/c1-17-7(16)5-12-3-15(14-5)6-4(10)2-11-8(9)13-6/h2-3H,1H3. The lowest BCUT2D eigenvalue weighted by Crippen LogP contribution is -2.07. The Labute approximate surface area is 99.2 Å². The number of methoxy groups -OCH3 is 1. The molecule has 0 aromatic carbocycles. The number of hydrogen-bond donors (Lipinski definition) is 0. The van der Waals surface area contributed by atoms with E-state index in [1.807, 2.05) is 0 Å². The van der Waals surface area contributed by atoms with E-state index in [-0.39, 0.29) is 16.9 Å². The Balaban J connectivity index is 2.43. The van der Waals surface area contributed by atoms with E-state index in [1.54, 1.807) is 0 Å². The summed E-state index contributed by atoms with van der Waals surface area (Å²) in [5, 5.41) is 3.55. The number of aromatic nitrogens is 5. The van der Waals surface area contributed by atoms with Crippen LogP contribution in [0, 0.1) is 5.82 Å². The number of rotatable bonds is 2. The molecule has 0 aliphatic rings. The van der Waals surface area contributed by atoms with Crippen LogP contribution in [-0.2, 0) is 4.74 Å². The lowest BCUT2D eigenvalue weighted by Gasteiger charge is -2.00. The zero-order valence-corrected chi connectivity index (χ0v) is 9.22. The van der Waals surface area contributed by atoms with Gasteiger partial charge in [-0.05, 0) is 11.6 Å². The second-order valence-electron chi connectivity index (χ2n) is 2.81. The molecule has 9 heteroatoms. The van der Waals surface area contributed by atoms with Crippen molar-refractivity contribution in [3.8, 4) is 5.82 Å². The van der Waals surface area contributed by atoms with Gasteiger partial charge < -0.3 is 4.74 Å². The topological polar surface area (TPSA) is 82.8 Å². The fourth-order valence-electron chi connectivity index (χ4n) is 1.05. The van der Waals surface area contributed by atoms with Crippen molar-refractivity contribution in [3.05, 3.63) is 29.4 Å². The van der Waals surface area contributed by atoms with Crippen molar-refractivity contribution in [2.75, 3.05) is 7.11 Å². The van der Waals surface area contributed by atoms with Crippen LogP contribution in [0.4, 0.5) is 4.39 Å². The number of nitrogens with zero attached hydrogens (tertiary/aromatic N) is 5. The summed E-state index contributed by atoms with van der Waals surface area (Å²) in [6, 6.07) is 0. The first-order valence-corrected chi connectivity index (χ1v) is 4.68. The highest BCUT2D eigenvalue weighted by molar-refractivity contribution is 6.28. The number of ether oxygens (including phenoxy) is 1. The Morgan fingerprint density at radius 1 is 1.53 bits per heavy atom. The maximum Gasteiger partial charge on any atom is 0.377 e. The second-order valence-corrected chi connectivity index (χ2v) is 3.15. The molecule has 0 aliphatic carbocycles. The molecule has 0 amide bonds. The van der Waals surface area contributed by atoms with Gasteiger partial charge in [0.2, 0.25) is 5.28 Å². The highest BCUT2D eigenvalue weighted by atomic mass is 35.5. The Bertz CT molecular complexity index is 573. The second kappa shape index (κ2) is 4.42. The van der Waals surface area contributed by atoms with Gasteiger partial charge in [-0.3, -0.25) is 0 Å². The van der Waals surface area contributed by atoms with E-state index < -0.39 is 11.8 Å². The summed E-state index contributed by atoms with van der Waals surface area (Å²) in [7, 11) is 1.19. The van der Waals surface area contributed by atoms with Gasteiger partial charge in [0.1, 0.15) is 6.33 Å². The van der Waals surface area contributed by atoms with Gasteiger partial charge in [-0.15, -0.1) is 5.10 Å². The number of hydrogen-bond acceptors (Lipinski definition) is 6. The van der Waals surface area contributed by atoms with Crippen molar-refractivity contribution in [2.24, 2.45) is 0 Å². The maximum absolute atomic E-state index is 13.4. The SMILES string of the molecule is COC(=O)c1ncn(-c2nc(Cl)ncc2F)n1. The predicted octanol–water partition coefficient (Wildman–Crippen LogP) is 0.636. The van der Waals surface area contributed by atoms with Gasteiger partial charge in [0, 0.05) is 0 Å². The van der Waals surface area contributed by atoms with Crippen molar-refractivity contribution in [1.82, 2.24) is 24.7 Å². The summed E-state index contributed by atoms with van der Waals surface area (Å²) in [4.78, 5) is 21.8. The highest BCUT2D eigenvalue weighted by Gasteiger charge is 2.15. The molecule has 0 fully saturated rings. The molecule has 2 heterocycles. The number of carbonyl (C=O) groups is 1. The smallest absolute Gasteiger partial charge is 0.377 e. The molecule has 2 aromatic rings. The van der Waals surface area contributed by atoms with E-state index in [0.717, 1.165) is 17.2 Å². The first kappa shape index (κ1) is 11.4. The quantitative estimate of drug-likeness (QED) is 0.580. The molecule has 0 N–H and O–H groups in total. The average Bonchev–Trinajstić information content (AvgIpc) is 2.80. The van der Waals surface area contributed by atoms with Gasteiger partial charge >= 0.3 is 5.97 Å². The molecule has 0 atom stereocenters. The van der Waals surface area contributed by atoms with Crippen LogP contribution in [0.2, 0.25) is 5.28 Å². The molecule has 0 unspecified atom stereocenters. The Morgan fingerprint density at radius 2 is 2.29 bits per heavy atom. The predicted molar refractivity (Wildman–Crippen MR) is 53.3 cm³/mol. The molecule has 7 nitrogen and oxygen atoms in total. The molecule has 88 valence electrons. The maximum atomic E-state index is 13.4. The van der Waals surface area contributed by atoms with Crippen LogP contribution in [0.5, 0.6) is 0 Å². The summed E-state index contributed by atoms with van der Waals surface area (Å²) < 4.78 is 18.7. The largest absolute Gasteiger partial charge is 0.463 e. The molecule has 0 spiro atoms. The molecule has 17 heavy (non-hydrogen) atoms. The summed E-state index contributed by atoms with van der Waals surface area (Å²) in [5.74, 6) is -1.88. The zero-order valence-electron chi connectivity index (χ0n) is 8.46. The molecule has 0 aliphatic heterocycles. The van der Waals surface area contributed by atoms with E-state index in [4.69, 9.17) is 11.6 Å². The minimum absolute atomic E-state index is 0.142. The van der Waals surface area contributed by atoms with Gasteiger partial charge in [-0.1, -0.05) is 0 Å². The monoisotopic (exact) mass is 257 g/mol. The molecule has 2 rings (SSSR count). The molecular weight excluding hydrogens is 253 g/mol. The van der Waals surface area contributed by atoms with Crippen LogP contribution in [0.25, 0.3) is 5.82 Å². The molecule has 0 bridgehead atoms. The molecule has 0 saturated carbocycles. The van der Waals surface area contributed by atoms with Gasteiger partial charge in [0.15, 0.2) is 11.6 Å². The Kier molecular flexibility index (Phi) is 2.96. The van der Waals surface area contributed by atoms with Crippen molar-refractivity contribution in [1.29, 1.82) is 0 Å². The molecule has 0 radical (unpaired) electrons. The van der Waals surface area contributed by atoms with Crippen LogP contribution < -0.4 is 0 Å². The highest BCUT2D eigenvalue weighted by Crippen LogP contribution is 2.10. The summed E-state index contributed by atoms with van der Waals surface area (Å²) in [5.41, 5.74) is 0. The number of esters is 1. The van der Waals surface area contributed by atoms with E-state index in [2.05, 4.69) is 24.8 Å². The third-order valence-corrected chi connectivity index (χ3v) is 1.96. The van der Waals surface area contributed by atoms with Crippen LogP contribution in [0.3, 0.4) is 0 Å². The van der Waals surface area contributed by atoms with Crippen molar-refractivity contribution in [2.45, 2.75) is 0 Å². The number of halogens is 2. The normalized spacial score (nSPS) is 10.3. The molecular formula is C8H5ClFN5O2. The van der Waals surface area contributed by atoms with E-state index in [1.165, 1.54) is 7.11 Å². The zero-order chi connectivity index (χ0) is 12.4. The van der Waals surface area contributed by atoms with Crippen molar-refractivity contribution < 1.29 is 13.9 Å². The van der Waals surface area contributed by atoms with Crippen LogP contribution >= 0.6 is 11.6 Å². The van der Waals surface area contributed by atoms with Gasteiger partial charge in [0.05, 0.1) is 13.3 Å². The average molecular weight is 258 g/mol. The fourth-order valence-corrected chi connectivity index (χ4v) is 1.18. The molecule has 2 aromatic heterocycles. The minimum atomic E-state index is -0.740. The first-order chi connectivity index (χ1) is 8.11. The summed E-state index contributed by atoms with van der Waals surface area (Å²) in [6.45, 7) is 0. The van der Waals surface area contributed by atoms with Crippen LogP contribution in [-0.4, -0.2) is 37.8 Å².